The van der Waals surface area contributed by atoms with Crippen molar-refractivity contribution >= 4 is 11.3 Å². The maximum absolute atomic E-state index is 11.9. The van der Waals surface area contributed by atoms with Gasteiger partial charge in [0.1, 0.15) is 0 Å². The molecular weight excluding hydrogens is 244 g/mol. The van der Waals surface area contributed by atoms with Crippen molar-refractivity contribution in [3.63, 3.8) is 0 Å². The molecule has 1 aliphatic rings. The molecule has 0 spiro atoms. The van der Waals surface area contributed by atoms with E-state index in [1.165, 1.54) is 12.8 Å². The molecule has 3 aromatic heterocycles. The molecule has 0 amide bonds. The van der Waals surface area contributed by atoms with Crippen molar-refractivity contribution in [2.45, 2.75) is 19.4 Å². The average molecular weight is 256 g/mol. The summed E-state index contributed by atoms with van der Waals surface area (Å²) in [6.45, 7) is 0.735. The summed E-state index contributed by atoms with van der Waals surface area (Å²) in [6, 6.07) is 0. The minimum absolute atomic E-state index is 0.133. The van der Waals surface area contributed by atoms with Gasteiger partial charge in [-0.3, -0.25) is 14.6 Å². The van der Waals surface area contributed by atoms with Crippen LogP contribution in [0.4, 0.5) is 0 Å². The first-order valence-electron chi connectivity index (χ1n) is 6.26. The Bertz CT molecular complexity index is 780. The highest BCUT2D eigenvalue weighted by atomic mass is 16.1. The van der Waals surface area contributed by atoms with Gasteiger partial charge in [0.2, 0.25) is 0 Å². The van der Waals surface area contributed by atoms with Crippen LogP contribution in [0.25, 0.3) is 22.6 Å². The Morgan fingerprint density at radius 3 is 3.00 bits per heavy atom. The predicted octanol–water partition coefficient (Wildman–Crippen LogP) is 0.920. The minimum Gasteiger partial charge on any atom is -0.289 e. The topological polar surface area (TPSA) is 92.2 Å². The lowest BCUT2D eigenvalue weighted by Gasteiger charge is -2.00. The van der Waals surface area contributed by atoms with Crippen LogP contribution in [0.5, 0.6) is 0 Å². The number of aromatic nitrogens is 6. The number of rotatable bonds is 3. The first-order valence-corrected chi connectivity index (χ1v) is 6.26. The van der Waals surface area contributed by atoms with E-state index in [-0.39, 0.29) is 5.69 Å². The fourth-order valence-corrected chi connectivity index (χ4v) is 2.19. The van der Waals surface area contributed by atoms with E-state index in [0.29, 0.717) is 22.9 Å². The van der Waals surface area contributed by atoms with Gasteiger partial charge in [0.25, 0.3) is 0 Å². The summed E-state index contributed by atoms with van der Waals surface area (Å²) in [4.78, 5) is 23.5. The van der Waals surface area contributed by atoms with Gasteiger partial charge in [-0.15, -0.1) is 0 Å². The third-order valence-electron chi connectivity index (χ3n) is 3.41. The first-order chi connectivity index (χ1) is 9.31. The fraction of sp³-hybridized carbons (Fsp3) is 0.333. The second-order valence-corrected chi connectivity index (χ2v) is 4.90. The summed E-state index contributed by atoms with van der Waals surface area (Å²) >= 11 is 0. The van der Waals surface area contributed by atoms with Crippen molar-refractivity contribution in [2.75, 3.05) is 0 Å². The Kier molecular flexibility index (Phi) is 2.08. The number of aromatic amines is 2. The van der Waals surface area contributed by atoms with Crippen molar-refractivity contribution in [1.29, 1.82) is 0 Å². The molecule has 0 aliphatic heterocycles. The molecule has 4 rings (SSSR count). The molecule has 0 bridgehead atoms. The van der Waals surface area contributed by atoms with Gasteiger partial charge >= 0.3 is 5.69 Å². The third-order valence-corrected chi connectivity index (χ3v) is 3.41. The van der Waals surface area contributed by atoms with Crippen LogP contribution in [0, 0.1) is 5.92 Å². The largest absolute Gasteiger partial charge is 0.328 e. The molecular formula is C12H12N6O. The minimum atomic E-state index is -0.133. The lowest BCUT2D eigenvalue weighted by Crippen LogP contribution is -2.17. The van der Waals surface area contributed by atoms with E-state index in [0.717, 1.165) is 12.1 Å². The number of H-pyrrole nitrogens is 2. The maximum atomic E-state index is 11.9. The summed E-state index contributed by atoms with van der Waals surface area (Å²) in [5, 5.41) is 6.61. The molecule has 1 saturated carbocycles. The van der Waals surface area contributed by atoms with Crippen LogP contribution in [0.2, 0.25) is 0 Å². The molecule has 0 aromatic carbocycles. The average Bonchev–Trinajstić information content (AvgIpc) is 2.96. The smallest absolute Gasteiger partial charge is 0.289 e. The zero-order valence-corrected chi connectivity index (χ0v) is 10.1. The molecule has 2 N–H and O–H groups in total. The maximum Gasteiger partial charge on any atom is 0.328 e. The summed E-state index contributed by atoms with van der Waals surface area (Å²) < 4.78 is 1.68. The van der Waals surface area contributed by atoms with Crippen LogP contribution in [-0.2, 0) is 6.54 Å². The highest BCUT2D eigenvalue weighted by molar-refractivity contribution is 5.70. The highest BCUT2D eigenvalue weighted by Gasteiger charge is 2.24. The van der Waals surface area contributed by atoms with Crippen LogP contribution in [0.15, 0.2) is 23.4 Å². The molecule has 0 radical (unpaired) electrons. The quantitative estimate of drug-likeness (QED) is 0.728. The van der Waals surface area contributed by atoms with Gasteiger partial charge in [0.05, 0.1) is 18.1 Å². The number of imidazole rings is 1. The Labute approximate surface area is 107 Å². The standard InChI is InChI=1S/C12H12N6O/c19-12-17-10-11(18(12)6-7-1-2-7)13-5-9(16-10)8-3-14-15-4-8/h3-5,7H,1-2,6H2,(H,14,15)(H,16,17,19). The van der Waals surface area contributed by atoms with Crippen LogP contribution in [-0.4, -0.2) is 29.7 Å². The van der Waals surface area contributed by atoms with E-state index in [2.05, 4.69) is 25.1 Å². The number of hydrogen-bond acceptors (Lipinski definition) is 4. The molecule has 0 saturated heterocycles. The van der Waals surface area contributed by atoms with Crippen molar-refractivity contribution in [3.05, 3.63) is 29.1 Å². The second kappa shape index (κ2) is 3.78. The van der Waals surface area contributed by atoms with Gasteiger partial charge in [0.15, 0.2) is 11.3 Å². The van der Waals surface area contributed by atoms with Gasteiger partial charge in [-0.05, 0) is 18.8 Å². The molecule has 7 heteroatoms. The molecule has 7 nitrogen and oxygen atoms in total. The molecule has 0 unspecified atom stereocenters. The Morgan fingerprint density at radius 2 is 2.26 bits per heavy atom. The number of nitrogens with one attached hydrogen (secondary N) is 2. The zero-order chi connectivity index (χ0) is 12.8. The van der Waals surface area contributed by atoms with E-state index in [1.54, 1.807) is 23.2 Å². The summed E-state index contributed by atoms with van der Waals surface area (Å²) in [7, 11) is 0. The normalized spacial score (nSPS) is 15.2. The number of hydrogen-bond donors (Lipinski definition) is 2. The van der Waals surface area contributed by atoms with Gasteiger partial charge in [-0.2, -0.15) is 5.10 Å². The van der Waals surface area contributed by atoms with Gasteiger partial charge in [0, 0.05) is 18.3 Å². The van der Waals surface area contributed by atoms with Crippen LogP contribution < -0.4 is 5.69 Å². The Morgan fingerprint density at radius 1 is 1.37 bits per heavy atom. The van der Waals surface area contributed by atoms with E-state index in [9.17, 15) is 4.79 Å². The molecule has 96 valence electrons. The Hall–Kier alpha value is -2.44. The molecule has 3 aromatic rings. The molecule has 0 atom stereocenters. The van der Waals surface area contributed by atoms with E-state index < -0.39 is 0 Å². The molecule has 3 heterocycles. The highest BCUT2D eigenvalue weighted by Crippen LogP contribution is 2.30. The summed E-state index contributed by atoms with van der Waals surface area (Å²) in [5.74, 6) is 0.618. The SMILES string of the molecule is O=c1[nH]c2nc(-c3cn[nH]c3)cnc2n1CC1CC1. The molecule has 1 aliphatic carbocycles. The van der Waals surface area contributed by atoms with Gasteiger partial charge < -0.3 is 0 Å². The van der Waals surface area contributed by atoms with Crippen molar-refractivity contribution in [1.82, 2.24) is 29.7 Å². The number of nitrogens with zero attached hydrogens (tertiary/aromatic N) is 4. The third kappa shape index (κ3) is 1.74. The second-order valence-electron chi connectivity index (χ2n) is 4.90. The first kappa shape index (κ1) is 10.5. The Balaban J connectivity index is 1.84. The summed E-state index contributed by atoms with van der Waals surface area (Å²) in [6.07, 6.45) is 7.48. The van der Waals surface area contributed by atoms with E-state index in [4.69, 9.17) is 0 Å². The zero-order valence-electron chi connectivity index (χ0n) is 10.1. The fourth-order valence-electron chi connectivity index (χ4n) is 2.19. The van der Waals surface area contributed by atoms with E-state index in [1.807, 2.05) is 0 Å². The lowest BCUT2D eigenvalue weighted by molar-refractivity contribution is 0.620. The number of fused-ring (bicyclic) bond motifs is 1. The van der Waals surface area contributed by atoms with Crippen LogP contribution in [0.1, 0.15) is 12.8 Å². The van der Waals surface area contributed by atoms with Crippen LogP contribution >= 0.6 is 0 Å². The van der Waals surface area contributed by atoms with Crippen LogP contribution in [0.3, 0.4) is 0 Å². The van der Waals surface area contributed by atoms with Gasteiger partial charge in [-0.1, -0.05) is 0 Å². The van der Waals surface area contributed by atoms with Crippen molar-refractivity contribution in [3.8, 4) is 11.3 Å². The predicted molar refractivity (Wildman–Crippen MR) is 68.5 cm³/mol. The summed E-state index contributed by atoms with van der Waals surface area (Å²) in [5.41, 5.74) is 2.58. The van der Waals surface area contributed by atoms with Crippen molar-refractivity contribution in [2.24, 2.45) is 5.92 Å². The van der Waals surface area contributed by atoms with Crippen molar-refractivity contribution < 1.29 is 0 Å². The van der Waals surface area contributed by atoms with Gasteiger partial charge in [-0.25, -0.2) is 14.8 Å². The monoisotopic (exact) mass is 256 g/mol. The lowest BCUT2D eigenvalue weighted by atomic mass is 10.3. The van der Waals surface area contributed by atoms with E-state index >= 15 is 0 Å². The molecule has 1 fully saturated rings. The molecule has 19 heavy (non-hydrogen) atoms.